The molecule has 0 unspecified atom stereocenters. The van der Waals surface area contributed by atoms with Crippen molar-refractivity contribution in [1.82, 2.24) is 10.6 Å². The molecule has 0 aliphatic heterocycles. The van der Waals surface area contributed by atoms with Gasteiger partial charge in [-0.25, -0.2) is 9.59 Å². The summed E-state index contributed by atoms with van der Waals surface area (Å²) in [7, 11) is 2.46. The third kappa shape index (κ3) is 7.72. The van der Waals surface area contributed by atoms with Gasteiger partial charge in [-0.3, -0.25) is 9.59 Å². The summed E-state index contributed by atoms with van der Waals surface area (Å²) in [5.41, 5.74) is 0.423. The van der Waals surface area contributed by atoms with Gasteiger partial charge in [-0.1, -0.05) is 30.4 Å². The Balaban J connectivity index is 2.69. The predicted octanol–water partition coefficient (Wildman–Crippen LogP) is 0.972. The molecule has 0 heterocycles. The third-order valence-corrected chi connectivity index (χ3v) is 3.60. The lowest BCUT2D eigenvalue weighted by Gasteiger charge is -2.15. The molecule has 8 heteroatoms. The highest BCUT2D eigenvalue weighted by Gasteiger charge is 2.21. The molecule has 0 fully saturated rings. The van der Waals surface area contributed by atoms with Crippen LogP contribution in [0.5, 0.6) is 0 Å². The minimum Gasteiger partial charge on any atom is -0.467 e. The van der Waals surface area contributed by atoms with Gasteiger partial charge in [-0.2, -0.15) is 0 Å². The summed E-state index contributed by atoms with van der Waals surface area (Å²) in [5, 5.41) is 5.09. The van der Waals surface area contributed by atoms with Crippen LogP contribution in [0.4, 0.5) is 0 Å². The Morgan fingerprint density at radius 3 is 1.81 bits per heavy atom. The van der Waals surface area contributed by atoms with Crippen LogP contribution >= 0.6 is 0 Å². The molecule has 2 N–H and O–H groups in total. The van der Waals surface area contributed by atoms with Gasteiger partial charge in [0, 0.05) is 12.5 Å². The monoisotopic (exact) mass is 376 g/mol. The Morgan fingerprint density at radius 1 is 0.889 bits per heavy atom. The van der Waals surface area contributed by atoms with E-state index in [1.54, 1.807) is 42.5 Å². The largest absolute Gasteiger partial charge is 0.467 e. The molecule has 2 atom stereocenters. The highest BCUT2D eigenvalue weighted by molar-refractivity contribution is 5.96. The Morgan fingerprint density at radius 2 is 1.37 bits per heavy atom. The van der Waals surface area contributed by atoms with Crippen LogP contribution in [-0.2, 0) is 23.9 Å². The van der Waals surface area contributed by atoms with Crippen molar-refractivity contribution in [2.24, 2.45) is 0 Å². The minimum absolute atomic E-state index is 0.166. The first-order valence-electron chi connectivity index (χ1n) is 8.32. The number of methoxy groups -OCH3 is 2. The summed E-state index contributed by atoms with van der Waals surface area (Å²) in [6, 6.07) is 6.79. The maximum Gasteiger partial charge on any atom is 0.328 e. The maximum absolute atomic E-state index is 12.2. The van der Waals surface area contributed by atoms with Gasteiger partial charge in [-0.15, -0.1) is 0 Å². The first kappa shape index (κ1) is 21.9. The van der Waals surface area contributed by atoms with Gasteiger partial charge in [0.15, 0.2) is 0 Å². The van der Waals surface area contributed by atoms with Crippen molar-refractivity contribution in [2.45, 2.75) is 31.8 Å². The Kier molecular flexibility index (Phi) is 9.28. The highest BCUT2D eigenvalue weighted by atomic mass is 16.5. The molecule has 0 bridgehead atoms. The van der Waals surface area contributed by atoms with E-state index in [-0.39, 0.29) is 18.7 Å². The number of rotatable bonds is 9. The normalized spacial score (nSPS) is 12.7. The molecule has 0 aliphatic carbocycles. The lowest BCUT2D eigenvalue weighted by molar-refractivity contribution is -0.144. The number of hydrogen-bond donors (Lipinski definition) is 2. The van der Waals surface area contributed by atoms with Gasteiger partial charge in [0.2, 0.25) is 5.91 Å². The summed E-state index contributed by atoms with van der Waals surface area (Å²) >= 11 is 0. The second kappa shape index (κ2) is 11.5. The van der Waals surface area contributed by atoms with E-state index in [1.807, 2.05) is 0 Å². The van der Waals surface area contributed by atoms with Crippen molar-refractivity contribution >= 4 is 23.8 Å². The van der Waals surface area contributed by atoms with E-state index < -0.39 is 29.9 Å². The van der Waals surface area contributed by atoms with Gasteiger partial charge in [0.25, 0.3) is 5.91 Å². The molecular weight excluding hydrogens is 352 g/mol. The molecule has 146 valence electrons. The van der Waals surface area contributed by atoms with E-state index in [9.17, 15) is 19.2 Å². The van der Waals surface area contributed by atoms with E-state index in [1.165, 1.54) is 21.1 Å². The van der Waals surface area contributed by atoms with Crippen LogP contribution < -0.4 is 10.6 Å². The van der Waals surface area contributed by atoms with E-state index >= 15 is 0 Å². The zero-order valence-electron chi connectivity index (χ0n) is 15.6. The van der Waals surface area contributed by atoms with E-state index in [2.05, 4.69) is 15.4 Å². The molecule has 0 radical (unpaired) electrons. The summed E-state index contributed by atoms with van der Waals surface area (Å²) in [6.45, 7) is 1.30. The Labute approximate surface area is 157 Å². The summed E-state index contributed by atoms with van der Waals surface area (Å²) < 4.78 is 9.35. The third-order valence-electron chi connectivity index (χ3n) is 3.60. The molecule has 0 aromatic heterocycles. The van der Waals surface area contributed by atoms with E-state index in [0.717, 1.165) is 0 Å². The van der Waals surface area contributed by atoms with Crippen molar-refractivity contribution in [2.75, 3.05) is 14.2 Å². The molecule has 1 rings (SSSR count). The summed E-state index contributed by atoms with van der Waals surface area (Å²) in [5.74, 6) is -1.92. The number of hydrogen-bond acceptors (Lipinski definition) is 6. The molecular formula is C19H24N2O6. The molecule has 2 amide bonds. The van der Waals surface area contributed by atoms with Crippen LogP contribution in [0.25, 0.3) is 0 Å². The fourth-order valence-electron chi connectivity index (χ4n) is 2.25. The zero-order chi connectivity index (χ0) is 20.2. The fourth-order valence-corrected chi connectivity index (χ4v) is 2.25. The van der Waals surface area contributed by atoms with Crippen LogP contribution in [0.3, 0.4) is 0 Å². The zero-order valence-corrected chi connectivity index (χ0v) is 15.6. The van der Waals surface area contributed by atoms with Gasteiger partial charge in [0.1, 0.15) is 12.1 Å². The summed E-state index contributed by atoms with van der Waals surface area (Å²) in [6.07, 6.45) is 3.61. The smallest absolute Gasteiger partial charge is 0.328 e. The number of benzene rings is 1. The first-order chi connectivity index (χ1) is 12.9. The van der Waals surface area contributed by atoms with Crippen molar-refractivity contribution in [3.05, 3.63) is 48.0 Å². The van der Waals surface area contributed by atoms with Crippen molar-refractivity contribution in [3.63, 3.8) is 0 Å². The second-order valence-corrected chi connectivity index (χ2v) is 5.63. The minimum atomic E-state index is -0.878. The lowest BCUT2D eigenvalue weighted by Crippen LogP contribution is -2.41. The van der Waals surface area contributed by atoms with Crippen molar-refractivity contribution in [1.29, 1.82) is 0 Å². The number of ether oxygens (including phenoxy) is 2. The molecule has 1 aromatic carbocycles. The summed E-state index contributed by atoms with van der Waals surface area (Å²) in [4.78, 5) is 46.9. The van der Waals surface area contributed by atoms with Gasteiger partial charge in [-0.05, 0) is 25.0 Å². The van der Waals surface area contributed by atoms with Crippen LogP contribution in [0.1, 0.15) is 30.1 Å². The fraction of sp³-hybridized carbons (Fsp3) is 0.368. The molecule has 0 aliphatic rings. The number of nitrogens with one attached hydrogen (secondary N) is 2. The SMILES string of the molecule is COC(=O)[C@H](C/C=C\C[C@H](NC(=O)c1ccccc1)C(=O)OC)NC(C)=O. The highest BCUT2D eigenvalue weighted by Crippen LogP contribution is 2.04. The molecule has 27 heavy (non-hydrogen) atoms. The average molecular weight is 376 g/mol. The number of esters is 2. The predicted molar refractivity (Wildman–Crippen MR) is 97.7 cm³/mol. The number of carbonyl (C=O) groups is 4. The van der Waals surface area contributed by atoms with Crippen molar-refractivity contribution < 1.29 is 28.7 Å². The van der Waals surface area contributed by atoms with E-state index in [0.29, 0.717) is 5.56 Å². The first-order valence-corrected chi connectivity index (χ1v) is 8.32. The van der Waals surface area contributed by atoms with Crippen molar-refractivity contribution in [3.8, 4) is 0 Å². The van der Waals surface area contributed by atoms with Crippen LogP contribution in [-0.4, -0.2) is 50.1 Å². The Bertz CT molecular complexity index is 687. The second-order valence-electron chi connectivity index (χ2n) is 5.63. The molecule has 1 aromatic rings. The molecule has 0 spiro atoms. The number of carbonyl (C=O) groups excluding carboxylic acids is 4. The molecule has 0 saturated carbocycles. The lowest BCUT2D eigenvalue weighted by atomic mass is 10.1. The van der Waals surface area contributed by atoms with E-state index in [4.69, 9.17) is 4.74 Å². The van der Waals surface area contributed by atoms with Gasteiger partial charge < -0.3 is 20.1 Å². The van der Waals surface area contributed by atoms with Gasteiger partial charge in [0.05, 0.1) is 14.2 Å². The maximum atomic E-state index is 12.2. The average Bonchev–Trinajstić information content (AvgIpc) is 2.68. The standard InChI is InChI=1S/C19H24N2O6/c1-13(22)20-15(18(24)26-2)11-7-8-12-16(19(25)27-3)21-17(23)14-9-5-4-6-10-14/h4-10,15-16H,11-12H2,1-3H3,(H,20,22)(H,21,23)/b8-7-/t15-,16-/m0/s1. The number of amides is 2. The van der Waals surface area contributed by atoms with Crippen LogP contribution in [0, 0.1) is 0 Å². The topological polar surface area (TPSA) is 111 Å². The molecule has 0 saturated heterocycles. The quantitative estimate of drug-likeness (QED) is 0.491. The van der Waals surface area contributed by atoms with Gasteiger partial charge >= 0.3 is 11.9 Å². The van der Waals surface area contributed by atoms with Crippen LogP contribution in [0.15, 0.2) is 42.5 Å². The Hall–Kier alpha value is -3.16. The van der Waals surface area contributed by atoms with Crippen LogP contribution in [0.2, 0.25) is 0 Å². The molecule has 8 nitrogen and oxygen atoms in total.